The monoisotopic (exact) mass is 325 g/mol. The third kappa shape index (κ3) is 4.05. The van der Waals surface area contributed by atoms with E-state index in [9.17, 15) is 18.0 Å². The molecule has 1 saturated heterocycles. The normalized spacial score (nSPS) is 18.9. The third-order valence-corrected chi connectivity index (χ3v) is 4.69. The molecule has 2 amide bonds. The summed E-state index contributed by atoms with van der Waals surface area (Å²) in [6.07, 6.45) is 2.30. The van der Waals surface area contributed by atoms with E-state index in [0.29, 0.717) is 30.8 Å². The van der Waals surface area contributed by atoms with Gasteiger partial charge in [-0.2, -0.15) is 4.31 Å². The molecular formula is C14H19N3O4S. The van der Waals surface area contributed by atoms with Crippen LogP contribution in [0.25, 0.3) is 0 Å². The van der Waals surface area contributed by atoms with Gasteiger partial charge in [-0.1, -0.05) is 0 Å². The minimum absolute atomic E-state index is 0.175. The van der Waals surface area contributed by atoms with E-state index in [1.54, 1.807) is 24.3 Å². The summed E-state index contributed by atoms with van der Waals surface area (Å²) in [6, 6.07) is 5.98. The number of hydrogen-bond donors (Lipinski definition) is 2. The van der Waals surface area contributed by atoms with Crippen molar-refractivity contribution in [2.24, 2.45) is 0 Å². The average Bonchev–Trinajstić information content (AvgIpc) is 2.89. The summed E-state index contributed by atoms with van der Waals surface area (Å²) in [5, 5.41) is 5.34. The third-order valence-electron chi connectivity index (χ3n) is 3.41. The molecule has 22 heavy (non-hydrogen) atoms. The van der Waals surface area contributed by atoms with Crippen LogP contribution in [-0.2, 0) is 19.6 Å². The summed E-state index contributed by atoms with van der Waals surface area (Å²) in [5.74, 6) is -0.512. The molecule has 0 saturated carbocycles. The molecule has 1 aromatic rings. The van der Waals surface area contributed by atoms with Crippen molar-refractivity contribution >= 4 is 33.2 Å². The van der Waals surface area contributed by atoms with Gasteiger partial charge in [-0.05, 0) is 37.1 Å². The van der Waals surface area contributed by atoms with Crippen LogP contribution in [0, 0.1) is 0 Å². The van der Waals surface area contributed by atoms with E-state index in [1.165, 1.54) is 11.2 Å². The number of carbonyl (C=O) groups excluding carboxylic acids is 2. The van der Waals surface area contributed by atoms with Crippen molar-refractivity contribution in [3.8, 4) is 0 Å². The van der Waals surface area contributed by atoms with E-state index in [-0.39, 0.29) is 11.8 Å². The van der Waals surface area contributed by atoms with E-state index in [4.69, 9.17) is 0 Å². The molecule has 0 aromatic heterocycles. The molecule has 0 unspecified atom stereocenters. The molecule has 120 valence electrons. The topological polar surface area (TPSA) is 95.6 Å². The predicted octanol–water partition coefficient (Wildman–Crippen LogP) is 1.01. The fourth-order valence-corrected chi connectivity index (χ4v) is 3.59. The molecule has 2 rings (SSSR count). The van der Waals surface area contributed by atoms with Crippen LogP contribution in [0.5, 0.6) is 0 Å². The van der Waals surface area contributed by atoms with E-state index in [2.05, 4.69) is 10.6 Å². The molecule has 1 aromatic carbocycles. The SMILES string of the molecule is CC(=O)Nc1ccc(NC(=O)[C@@H]2CCCN2S(C)(=O)=O)cc1. The fraction of sp³-hybridized carbons (Fsp3) is 0.429. The van der Waals surface area contributed by atoms with Crippen molar-refractivity contribution in [1.82, 2.24) is 4.31 Å². The highest BCUT2D eigenvalue weighted by atomic mass is 32.2. The second-order valence-corrected chi connectivity index (χ2v) is 7.21. The van der Waals surface area contributed by atoms with E-state index in [0.717, 1.165) is 6.26 Å². The van der Waals surface area contributed by atoms with Gasteiger partial charge in [0.1, 0.15) is 6.04 Å². The van der Waals surface area contributed by atoms with Crippen molar-refractivity contribution < 1.29 is 18.0 Å². The van der Waals surface area contributed by atoms with Gasteiger partial charge < -0.3 is 10.6 Å². The van der Waals surface area contributed by atoms with Crippen LogP contribution >= 0.6 is 0 Å². The second-order valence-electron chi connectivity index (χ2n) is 5.28. The number of hydrogen-bond acceptors (Lipinski definition) is 4. The first-order chi connectivity index (χ1) is 10.3. The van der Waals surface area contributed by atoms with Crippen molar-refractivity contribution in [3.05, 3.63) is 24.3 Å². The summed E-state index contributed by atoms with van der Waals surface area (Å²) in [4.78, 5) is 23.2. The van der Waals surface area contributed by atoms with Gasteiger partial charge in [0.15, 0.2) is 0 Å². The van der Waals surface area contributed by atoms with Gasteiger partial charge in [-0.3, -0.25) is 9.59 Å². The molecule has 1 aliphatic rings. The Hall–Kier alpha value is -1.93. The van der Waals surface area contributed by atoms with E-state index in [1.807, 2.05) is 0 Å². The van der Waals surface area contributed by atoms with Crippen LogP contribution in [0.3, 0.4) is 0 Å². The lowest BCUT2D eigenvalue weighted by Gasteiger charge is -2.21. The molecule has 1 fully saturated rings. The molecule has 1 heterocycles. The van der Waals surface area contributed by atoms with Gasteiger partial charge in [-0.25, -0.2) is 8.42 Å². The maximum Gasteiger partial charge on any atom is 0.242 e. The van der Waals surface area contributed by atoms with E-state index >= 15 is 0 Å². The smallest absolute Gasteiger partial charge is 0.242 e. The Kier molecular flexibility index (Phi) is 4.82. The number of nitrogens with one attached hydrogen (secondary N) is 2. The molecule has 0 spiro atoms. The Morgan fingerprint density at radius 1 is 1.14 bits per heavy atom. The van der Waals surface area contributed by atoms with Crippen LogP contribution < -0.4 is 10.6 Å². The van der Waals surface area contributed by atoms with Crippen LogP contribution in [0.2, 0.25) is 0 Å². The van der Waals surface area contributed by atoms with Crippen molar-refractivity contribution in [1.29, 1.82) is 0 Å². The van der Waals surface area contributed by atoms with Crippen LogP contribution in [-0.4, -0.2) is 43.4 Å². The zero-order valence-corrected chi connectivity index (χ0v) is 13.3. The highest BCUT2D eigenvalue weighted by molar-refractivity contribution is 7.88. The van der Waals surface area contributed by atoms with Crippen LogP contribution in [0.1, 0.15) is 19.8 Å². The molecule has 0 radical (unpaired) electrons. The molecule has 1 aliphatic heterocycles. The van der Waals surface area contributed by atoms with Crippen LogP contribution in [0.15, 0.2) is 24.3 Å². The second kappa shape index (κ2) is 6.45. The lowest BCUT2D eigenvalue weighted by molar-refractivity contribution is -0.119. The Balaban J connectivity index is 2.04. The number of rotatable bonds is 4. The average molecular weight is 325 g/mol. The standard InChI is InChI=1S/C14H19N3O4S/c1-10(18)15-11-5-7-12(8-6-11)16-14(19)13-4-3-9-17(13)22(2,20)21/h5-8,13H,3-4,9H2,1-2H3,(H,15,18)(H,16,19)/t13-/m0/s1. The van der Waals surface area contributed by atoms with Crippen molar-refractivity contribution in [3.63, 3.8) is 0 Å². The maximum absolute atomic E-state index is 12.2. The summed E-state index contributed by atoms with van der Waals surface area (Å²) in [5.41, 5.74) is 1.18. The summed E-state index contributed by atoms with van der Waals surface area (Å²) in [6.45, 7) is 1.79. The van der Waals surface area contributed by atoms with Crippen LogP contribution in [0.4, 0.5) is 11.4 Å². The Labute approximate surface area is 129 Å². The first-order valence-corrected chi connectivity index (χ1v) is 8.77. The number of carbonyl (C=O) groups is 2. The lowest BCUT2D eigenvalue weighted by atomic mass is 10.2. The van der Waals surface area contributed by atoms with Crippen molar-refractivity contribution in [2.75, 3.05) is 23.4 Å². The highest BCUT2D eigenvalue weighted by Crippen LogP contribution is 2.22. The highest BCUT2D eigenvalue weighted by Gasteiger charge is 2.36. The van der Waals surface area contributed by atoms with Gasteiger partial charge >= 0.3 is 0 Å². The number of anilines is 2. The largest absolute Gasteiger partial charge is 0.326 e. The molecule has 2 N–H and O–H groups in total. The first-order valence-electron chi connectivity index (χ1n) is 6.93. The van der Waals surface area contributed by atoms with Gasteiger partial charge in [0, 0.05) is 24.8 Å². The quantitative estimate of drug-likeness (QED) is 0.863. The molecular weight excluding hydrogens is 306 g/mol. The number of sulfonamides is 1. The minimum atomic E-state index is -3.38. The number of benzene rings is 1. The molecule has 0 bridgehead atoms. The minimum Gasteiger partial charge on any atom is -0.326 e. The maximum atomic E-state index is 12.2. The van der Waals surface area contributed by atoms with Gasteiger partial charge in [-0.15, -0.1) is 0 Å². The summed E-state index contributed by atoms with van der Waals surface area (Å²) < 4.78 is 24.5. The number of amides is 2. The van der Waals surface area contributed by atoms with E-state index < -0.39 is 16.1 Å². The Bertz CT molecular complexity index is 670. The van der Waals surface area contributed by atoms with Gasteiger partial charge in [0.05, 0.1) is 6.26 Å². The van der Waals surface area contributed by atoms with Gasteiger partial charge in [0.2, 0.25) is 21.8 Å². The fourth-order valence-electron chi connectivity index (χ4n) is 2.46. The lowest BCUT2D eigenvalue weighted by Crippen LogP contribution is -2.42. The molecule has 8 heteroatoms. The molecule has 0 aliphatic carbocycles. The zero-order valence-electron chi connectivity index (χ0n) is 12.5. The summed E-state index contributed by atoms with van der Waals surface area (Å²) in [7, 11) is -3.38. The Morgan fingerprint density at radius 3 is 2.18 bits per heavy atom. The molecule has 7 nitrogen and oxygen atoms in total. The summed E-state index contributed by atoms with van der Waals surface area (Å²) >= 11 is 0. The van der Waals surface area contributed by atoms with Gasteiger partial charge in [0.25, 0.3) is 0 Å². The predicted molar refractivity (Wildman–Crippen MR) is 83.9 cm³/mol. The number of nitrogens with zero attached hydrogens (tertiary/aromatic N) is 1. The zero-order chi connectivity index (χ0) is 16.3. The Morgan fingerprint density at radius 2 is 1.68 bits per heavy atom. The van der Waals surface area contributed by atoms with Crippen molar-refractivity contribution in [2.45, 2.75) is 25.8 Å². The molecule has 1 atom stereocenters. The first kappa shape index (κ1) is 16.4.